The Morgan fingerprint density at radius 1 is 1.35 bits per heavy atom. The number of alkyl halides is 2. The summed E-state index contributed by atoms with van der Waals surface area (Å²) in [6.45, 7) is 3.66. The highest BCUT2D eigenvalue weighted by Gasteiger charge is 2.15. The second kappa shape index (κ2) is 7.56. The van der Waals surface area contributed by atoms with Crippen molar-refractivity contribution in [3.05, 3.63) is 24.3 Å². The van der Waals surface area contributed by atoms with Crippen molar-refractivity contribution in [1.29, 1.82) is 0 Å². The van der Waals surface area contributed by atoms with E-state index in [0.717, 1.165) is 26.2 Å². The van der Waals surface area contributed by atoms with E-state index in [1.165, 1.54) is 0 Å². The van der Waals surface area contributed by atoms with Crippen LogP contribution in [0.2, 0.25) is 0 Å². The molecule has 110 valence electrons. The fourth-order valence-electron chi connectivity index (χ4n) is 2.03. The summed E-state index contributed by atoms with van der Waals surface area (Å²) in [5, 5.41) is 5.92. The van der Waals surface area contributed by atoms with Crippen LogP contribution in [-0.4, -0.2) is 49.3 Å². The van der Waals surface area contributed by atoms with E-state index < -0.39 is 5.76 Å². The van der Waals surface area contributed by atoms with Gasteiger partial charge >= 0.3 is 0 Å². The maximum atomic E-state index is 12.4. The molecule has 2 N–H and O–H groups in total. The molecule has 1 aromatic carbocycles. The van der Waals surface area contributed by atoms with Gasteiger partial charge in [-0.25, -0.2) is 0 Å². The maximum absolute atomic E-state index is 12.4. The molecule has 0 radical (unpaired) electrons. The number of nitrogens with zero attached hydrogens (tertiary/aromatic N) is 1. The van der Waals surface area contributed by atoms with Crippen molar-refractivity contribution in [2.75, 3.05) is 38.0 Å². The van der Waals surface area contributed by atoms with Crippen molar-refractivity contribution < 1.29 is 13.6 Å². The first-order chi connectivity index (χ1) is 9.65. The van der Waals surface area contributed by atoms with Gasteiger partial charge in [0.05, 0.1) is 12.2 Å². The van der Waals surface area contributed by atoms with E-state index in [-0.39, 0.29) is 12.5 Å². The second-order valence-corrected chi connectivity index (χ2v) is 5.48. The Morgan fingerprint density at radius 3 is 2.75 bits per heavy atom. The normalized spacial score (nSPS) is 16.4. The van der Waals surface area contributed by atoms with E-state index in [1.807, 2.05) is 4.90 Å². The van der Waals surface area contributed by atoms with Crippen LogP contribution in [0.15, 0.2) is 29.2 Å². The van der Waals surface area contributed by atoms with Crippen molar-refractivity contribution in [3.63, 3.8) is 0 Å². The molecule has 0 bridgehead atoms. The van der Waals surface area contributed by atoms with Crippen molar-refractivity contribution in [1.82, 2.24) is 10.2 Å². The van der Waals surface area contributed by atoms with Crippen LogP contribution in [0.25, 0.3) is 0 Å². The number of anilines is 1. The molecule has 1 saturated heterocycles. The van der Waals surface area contributed by atoms with Crippen LogP contribution in [-0.2, 0) is 4.79 Å². The molecule has 1 aromatic rings. The van der Waals surface area contributed by atoms with Crippen LogP contribution in [0.4, 0.5) is 14.5 Å². The SMILES string of the molecule is O=C(CN1CCNCC1)Nc1ccccc1SC(F)F. The van der Waals surface area contributed by atoms with Crippen LogP contribution in [0.3, 0.4) is 0 Å². The lowest BCUT2D eigenvalue weighted by molar-refractivity contribution is -0.117. The average molecular weight is 301 g/mol. The summed E-state index contributed by atoms with van der Waals surface area (Å²) in [6, 6.07) is 6.62. The van der Waals surface area contributed by atoms with Crippen molar-refractivity contribution in [3.8, 4) is 0 Å². The lowest BCUT2D eigenvalue weighted by atomic mass is 10.3. The molecular formula is C13H17F2N3OS. The number of thioether (sulfide) groups is 1. The fraction of sp³-hybridized carbons (Fsp3) is 0.462. The first kappa shape index (κ1) is 15.2. The summed E-state index contributed by atoms with van der Waals surface area (Å²) in [5.74, 6) is -2.67. The Bertz CT molecular complexity index is 453. The molecule has 1 amide bonds. The third-order valence-corrected chi connectivity index (χ3v) is 3.74. The molecule has 4 nitrogen and oxygen atoms in total. The van der Waals surface area contributed by atoms with Crippen LogP contribution < -0.4 is 10.6 Å². The molecule has 1 fully saturated rings. The van der Waals surface area contributed by atoms with Gasteiger partial charge in [0.15, 0.2) is 0 Å². The predicted octanol–water partition coefficient (Wildman–Crippen LogP) is 1.84. The van der Waals surface area contributed by atoms with Crippen molar-refractivity contribution >= 4 is 23.4 Å². The highest BCUT2D eigenvalue weighted by atomic mass is 32.2. The molecule has 1 aliphatic heterocycles. The minimum atomic E-state index is -2.50. The van der Waals surface area contributed by atoms with Gasteiger partial charge in [0.2, 0.25) is 5.91 Å². The summed E-state index contributed by atoms with van der Waals surface area (Å²) >= 11 is 0.441. The standard InChI is InChI=1S/C13H17F2N3OS/c14-13(15)20-11-4-2-1-3-10(11)17-12(19)9-18-7-5-16-6-8-18/h1-4,13,16H,5-9H2,(H,17,19). The van der Waals surface area contributed by atoms with Gasteiger partial charge in [-0.15, -0.1) is 0 Å². The number of hydrogen-bond donors (Lipinski definition) is 2. The van der Waals surface area contributed by atoms with Crippen LogP contribution in [0.1, 0.15) is 0 Å². The number of rotatable bonds is 5. The number of para-hydroxylation sites is 1. The lowest BCUT2D eigenvalue weighted by Gasteiger charge is -2.26. The molecule has 2 rings (SSSR count). The number of amides is 1. The Labute approximate surface area is 120 Å². The first-order valence-corrected chi connectivity index (χ1v) is 7.30. The predicted molar refractivity (Wildman–Crippen MR) is 76.2 cm³/mol. The number of carbonyl (C=O) groups excluding carboxylic acids is 1. The van der Waals surface area contributed by atoms with Crippen LogP contribution >= 0.6 is 11.8 Å². The Balaban J connectivity index is 1.93. The largest absolute Gasteiger partial charge is 0.324 e. The molecule has 7 heteroatoms. The van der Waals surface area contributed by atoms with Crippen molar-refractivity contribution in [2.45, 2.75) is 10.7 Å². The molecule has 1 aliphatic rings. The quantitative estimate of drug-likeness (QED) is 0.815. The second-order valence-electron chi connectivity index (χ2n) is 4.45. The van der Waals surface area contributed by atoms with Gasteiger partial charge in [0.1, 0.15) is 0 Å². The minimum Gasteiger partial charge on any atom is -0.324 e. The zero-order valence-electron chi connectivity index (χ0n) is 10.9. The third kappa shape index (κ3) is 4.73. The van der Waals surface area contributed by atoms with Gasteiger partial charge in [-0.3, -0.25) is 9.69 Å². The molecule has 0 spiro atoms. The zero-order valence-corrected chi connectivity index (χ0v) is 11.8. The highest BCUT2D eigenvalue weighted by Crippen LogP contribution is 2.31. The summed E-state index contributed by atoms with van der Waals surface area (Å²) < 4.78 is 24.9. The van der Waals surface area contributed by atoms with Crippen molar-refractivity contribution in [2.24, 2.45) is 0 Å². The number of hydrogen-bond acceptors (Lipinski definition) is 4. The zero-order chi connectivity index (χ0) is 14.4. The Morgan fingerprint density at radius 2 is 2.05 bits per heavy atom. The van der Waals surface area contributed by atoms with Crippen LogP contribution in [0, 0.1) is 0 Å². The molecule has 0 saturated carbocycles. The molecule has 20 heavy (non-hydrogen) atoms. The number of benzene rings is 1. The number of halogens is 2. The number of nitrogens with one attached hydrogen (secondary N) is 2. The van der Waals surface area contributed by atoms with Gasteiger partial charge in [0, 0.05) is 31.1 Å². The molecule has 0 aliphatic carbocycles. The Hall–Kier alpha value is -1.18. The molecular weight excluding hydrogens is 284 g/mol. The summed E-state index contributed by atoms with van der Waals surface area (Å²) in [7, 11) is 0. The first-order valence-electron chi connectivity index (χ1n) is 6.42. The summed E-state index contributed by atoms with van der Waals surface area (Å²) in [5.41, 5.74) is 0.443. The monoisotopic (exact) mass is 301 g/mol. The van der Waals surface area contributed by atoms with E-state index in [0.29, 0.717) is 22.3 Å². The van der Waals surface area contributed by atoms with E-state index in [4.69, 9.17) is 0 Å². The van der Waals surface area contributed by atoms with E-state index in [1.54, 1.807) is 24.3 Å². The molecule has 0 atom stereocenters. The lowest BCUT2D eigenvalue weighted by Crippen LogP contribution is -2.46. The highest BCUT2D eigenvalue weighted by molar-refractivity contribution is 7.99. The molecule has 0 aromatic heterocycles. The Kier molecular flexibility index (Phi) is 5.75. The summed E-state index contributed by atoms with van der Waals surface area (Å²) in [4.78, 5) is 14.4. The van der Waals surface area contributed by atoms with Gasteiger partial charge in [-0.05, 0) is 12.1 Å². The average Bonchev–Trinajstić information content (AvgIpc) is 2.41. The number of carbonyl (C=O) groups is 1. The van der Waals surface area contributed by atoms with Gasteiger partial charge in [0.25, 0.3) is 5.76 Å². The smallest absolute Gasteiger partial charge is 0.288 e. The topological polar surface area (TPSA) is 44.4 Å². The third-order valence-electron chi connectivity index (χ3n) is 2.95. The van der Waals surface area contributed by atoms with Crippen LogP contribution in [0.5, 0.6) is 0 Å². The summed E-state index contributed by atoms with van der Waals surface area (Å²) in [6.07, 6.45) is 0. The number of piperazine rings is 1. The maximum Gasteiger partial charge on any atom is 0.288 e. The molecule has 0 unspecified atom stereocenters. The van der Waals surface area contributed by atoms with E-state index >= 15 is 0 Å². The van der Waals surface area contributed by atoms with Gasteiger partial charge < -0.3 is 10.6 Å². The fourth-order valence-corrected chi connectivity index (χ4v) is 2.63. The minimum absolute atomic E-state index is 0.172. The van der Waals surface area contributed by atoms with Gasteiger partial charge in [-0.1, -0.05) is 23.9 Å². The van der Waals surface area contributed by atoms with E-state index in [2.05, 4.69) is 10.6 Å². The van der Waals surface area contributed by atoms with E-state index in [9.17, 15) is 13.6 Å². The molecule has 1 heterocycles. The van der Waals surface area contributed by atoms with Gasteiger partial charge in [-0.2, -0.15) is 8.78 Å².